The highest BCUT2D eigenvalue weighted by Gasteiger charge is 2.23. The summed E-state index contributed by atoms with van der Waals surface area (Å²) in [5.74, 6) is -0.602. The van der Waals surface area contributed by atoms with Gasteiger partial charge in [0.25, 0.3) is 5.91 Å². The van der Waals surface area contributed by atoms with Crippen LogP contribution in [0.2, 0.25) is 5.02 Å². The molecule has 0 bridgehead atoms. The zero-order chi connectivity index (χ0) is 24.1. The van der Waals surface area contributed by atoms with Crippen LogP contribution in [0, 0.1) is 11.6 Å². The summed E-state index contributed by atoms with van der Waals surface area (Å²) in [5, 5.41) is 12.0. The van der Waals surface area contributed by atoms with Crippen molar-refractivity contribution in [3.05, 3.63) is 106 Å². The Morgan fingerprint density at radius 2 is 1.88 bits per heavy atom. The van der Waals surface area contributed by atoms with E-state index in [9.17, 15) is 13.6 Å². The molecule has 0 radical (unpaired) electrons. The number of nitrogens with zero attached hydrogens (tertiary/aromatic N) is 4. The van der Waals surface area contributed by atoms with E-state index in [1.807, 2.05) is 16.7 Å². The van der Waals surface area contributed by atoms with Crippen LogP contribution >= 0.6 is 23.4 Å². The van der Waals surface area contributed by atoms with Crippen LogP contribution < -0.4 is 5.32 Å². The van der Waals surface area contributed by atoms with Crippen molar-refractivity contribution in [3.63, 3.8) is 0 Å². The minimum absolute atomic E-state index is 0.0251. The van der Waals surface area contributed by atoms with Gasteiger partial charge in [0.05, 0.1) is 23.2 Å². The molecule has 1 atom stereocenters. The highest BCUT2D eigenvalue weighted by atomic mass is 35.5. The Labute approximate surface area is 204 Å². The Morgan fingerprint density at radius 3 is 2.59 bits per heavy atom. The summed E-state index contributed by atoms with van der Waals surface area (Å²) in [6.07, 6.45) is 3.42. The smallest absolute Gasteiger partial charge is 0.256 e. The second-order valence-electron chi connectivity index (χ2n) is 7.50. The third-order valence-corrected chi connectivity index (χ3v) is 6.37. The van der Waals surface area contributed by atoms with Gasteiger partial charge in [0.2, 0.25) is 0 Å². The molecule has 0 saturated heterocycles. The molecule has 0 aliphatic rings. The normalized spacial score (nSPS) is 11.9. The lowest BCUT2D eigenvalue weighted by Gasteiger charge is -2.17. The van der Waals surface area contributed by atoms with Crippen LogP contribution in [-0.2, 0) is 12.3 Å². The Morgan fingerprint density at radius 1 is 1.09 bits per heavy atom. The topological polar surface area (TPSA) is 72.7 Å². The predicted octanol–water partition coefficient (Wildman–Crippen LogP) is 5.44. The Kier molecular flexibility index (Phi) is 7.54. The largest absolute Gasteiger partial charge is 0.342 e. The van der Waals surface area contributed by atoms with Crippen LogP contribution in [0.25, 0.3) is 0 Å². The number of amides is 1. The number of hydrogen-bond acceptors (Lipinski definition) is 5. The lowest BCUT2D eigenvalue weighted by Crippen LogP contribution is -2.30. The summed E-state index contributed by atoms with van der Waals surface area (Å²) >= 11 is 7.47. The molecular formula is C24H20ClF2N5OS. The van der Waals surface area contributed by atoms with Crippen molar-refractivity contribution < 1.29 is 13.6 Å². The molecule has 4 aromatic rings. The van der Waals surface area contributed by atoms with Crippen molar-refractivity contribution in [1.29, 1.82) is 0 Å². The first-order valence-corrected chi connectivity index (χ1v) is 11.7. The van der Waals surface area contributed by atoms with Gasteiger partial charge in [-0.15, -0.1) is 10.2 Å². The minimum Gasteiger partial charge on any atom is -0.342 e. The summed E-state index contributed by atoms with van der Waals surface area (Å²) in [4.78, 5) is 16.9. The number of hydrogen-bond donors (Lipinski definition) is 1. The zero-order valence-corrected chi connectivity index (χ0v) is 19.7. The van der Waals surface area contributed by atoms with E-state index in [0.717, 1.165) is 11.1 Å². The van der Waals surface area contributed by atoms with Gasteiger partial charge in [0.1, 0.15) is 11.6 Å². The van der Waals surface area contributed by atoms with Gasteiger partial charge in [-0.2, -0.15) is 0 Å². The van der Waals surface area contributed by atoms with Crippen molar-refractivity contribution in [2.45, 2.75) is 30.4 Å². The second kappa shape index (κ2) is 10.8. The number of nitrogens with one attached hydrogen (secondary N) is 1. The van der Waals surface area contributed by atoms with Crippen LogP contribution in [0.1, 0.15) is 40.3 Å². The molecule has 6 nitrogen and oxygen atoms in total. The van der Waals surface area contributed by atoms with Gasteiger partial charge >= 0.3 is 0 Å². The molecule has 1 unspecified atom stereocenters. The molecule has 0 aliphatic carbocycles. The van der Waals surface area contributed by atoms with Crippen LogP contribution in [-0.4, -0.2) is 25.7 Å². The van der Waals surface area contributed by atoms with Crippen LogP contribution in [0.15, 0.2) is 72.1 Å². The van der Waals surface area contributed by atoms with E-state index in [1.54, 1.807) is 31.5 Å². The number of thioether (sulfide) groups is 1. The van der Waals surface area contributed by atoms with E-state index in [1.165, 1.54) is 42.1 Å². The summed E-state index contributed by atoms with van der Waals surface area (Å²) in [7, 11) is 0. The molecular weight excluding hydrogens is 480 g/mol. The van der Waals surface area contributed by atoms with Gasteiger partial charge < -0.3 is 5.32 Å². The Balaban J connectivity index is 1.59. The molecule has 1 amide bonds. The quantitative estimate of drug-likeness (QED) is 0.327. The number of halogens is 3. The van der Waals surface area contributed by atoms with Crippen LogP contribution in [0.5, 0.6) is 0 Å². The van der Waals surface area contributed by atoms with E-state index in [-0.39, 0.29) is 16.4 Å². The van der Waals surface area contributed by atoms with Gasteiger partial charge in [-0.05, 0) is 48.4 Å². The monoisotopic (exact) mass is 499 g/mol. The Hall–Kier alpha value is -3.30. The number of aromatic nitrogens is 4. The number of pyridine rings is 1. The molecule has 0 fully saturated rings. The maximum absolute atomic E-state index is 14.2. The predicted molar refractivity (Wildman–Crippen MR) is 127 cm³/mol. The van der Waals surface area contributed by atoms with Crippen LogP contribution in [0.3, 0.4) is 0 Å². The lowest BCUT2D eigenvalue weighted by molar-refractivity contribution is 0.0933. The average Bonchev–Trinajstić information content (AvgIpc) is 3.21. The summed E-state index contributed by atoms with van der Waals surface area (Å²) in [5.41, 5.74) is 1.63. The third kappa shape index (κ3) is 5.60. The van der Waals surface area contributed by atoms with Gasteiger partial charge in [0.15, 0.2) is 11.0 Å². The first-order chi connectivity index (χ1) is 16.4. The first kappa shape index (κ1) is 23.8. The highest BCUT2D eigenvalue weighted by molar-refractivity contribution is 7.98. The van der Waals surface area contributed by atoms with E-state index >= 15 is 0 Å². The van der Waals surface area contributed by atoms with Crippen molar-refractivity contribution >= 4 is 29.3 Å². The molecule has 0 spiro atoms. The van der Waals surface area contributed by atoms with Crippen molar-refractivity contribution in [3.8, 4) is 0 Å². The molecule has 2 heterocycles. The number of benzene rings is 2. The molecule has 4 rings (SSSR count). The maximum atomic E-state index is 14.2. The molecule has 1 N–H and O–H groups in total. The Bertz CT molecular complexity index is 1260. The molecule has 10 heteroatoms. The molecule has 0 aliphatic heterocycles. The molecule has 2 aromatic carbocycles. The first-order valence-electron chi connectivity index (χ1n) is 10.4. The molecule has 34 heavy (non-hydrogen) atoms. The van der Waals surface area contributed by atoms with E-state index in [0.29, 0.717) is 23.3 Å². The van der Waals surface area contributed by atoms with Gasteiger partial charge in [-0.3, -0.25) is 14.3 Å². The third-order valence-electron chi connectivity index (χ3n) is 5.01. The van der Waals surface area contributed by atoms with Crippen molar-refractivity contribution in [2.75, 3.05) is 0 Å². The summed E-state index contributed by atoms with van der Waals surface area (Å²) in [6.45, 7) is 2.16. The van der Waals surface area contributed by atoms with E-state index in [2.05, 4.69) is 20.5 Å². The van der Waals surface area contributed by atoms with E-state index in [4.69, 9.17) is 11.6 Å². The zero-order valence-electron chi connectivity index (χ0n) is 18.1. The standard InChI is InChI=1S/C24H20ClF2N5OS/c1-15(29-23(33)21-19(25)5-2-6-20(21)27)22-30-31-24(32(22)13-17-4-3-11-28-12-17)34-14-16-7-9-18(26)10-8-16/h2-12,15H,13-14H2,1H3,(H,29,33). The fourth-order valence-corrected chi connectivity index (χ4v) is 4.48. The average molecular weight is 500 g/mol. The number of carbonyl (C=O) groups excluding carboxylic acids is 1. The van der Waals surface area contributed by atoms with Crippen molar-refractivity contribution in [1.82, 2.24) is 25.1 Å². The fraction of sp³-hybridized carbons (Fsp3) is 0.167. The number of carbonyl (C=O) groups is 1. The van der Waals surface area contributed by atoms with Gasteiger partial charge in [0, 0.05) is 18.1 Å². The second-order valence-corrected chi connectivity index (χ2v) is 8.84. The maximum Gasteiger partial charge on any atom is 0.256 e. The van der Waals surface area contributed by atoms with Gasteiger partial charge in [-0.25, -0.2) is 8.78 Å². The van der Waals surface area contributed by atoms with Crippen molar-refractivity contribution in [2.24, 2.45) is 0 Å². The lowest BCUT2D eigenvalue weighted by atomic mass is 10.1. The number of rotatable bonds is 8. The van der Waals surface area contributed by atoms with Crippen LogP contribution in [0.4, 0.5) is 8.78 Å². The molecule has 2 aromatic heterocycles. The fourth-order valence-electron chi connectivity index (χ4n) is 3.33. The SMILES string of the molecule is CC(NC(=O)c1c(F)cccc1Cl)c1nnc(SCc2ccc(F)cc2)n1Cc1cccnc1. The van der Waals surface area contributed by atoms with Gasteiger partial charge in [-0.1, -0.05) is 47.6 Å². The summed E-state index contributed by atoms with van der Waals surface area (Å²) < 4.78 is 29.3. The summed E-state index contributed by atoms with van der Waals surface area (Å²) in [6, 6.07) is 13.5. The van der Waals surface area contributed by atoms with E-state index < -0.39 is 17.8 Å². The minimum atomic E-state index is -0.704. The highest BCUT2D eigenvalue weighted by Crippen LogP contribution is 2.26. The molecule has 0 saturated carbocycles. The molecule has 174 valence electrons.